The van der Waals surface area contributed by atoms with Gasteiger partial charge in [0.25, 0.3) is 0 Å². The van der Waals surface area contributed by atoms with Crippen LogP contribution in [0.15, 0.2) is 18.2 Å². The first kappa shape index (κ1) is 13.0. The van der Waals surface area contributed by atoms with Crippen LogP contribution in [0.2, 0.25) is 5.02 Å². The maximum atomic E-state index is 13.2. The number of carboxylic acids is 1. The molecule has 0 aliphatic heterocycles. The van der Waals surface area contributed by atoms with Crippen molar-refractivity contribution in [1.29, 1.82) is 0 Å². The van der Waals surface area contributed by atoms with Crippen LogP contribution in [0, 0.1) is 11.2 Å². The molecule has 2 nitrogen and oxygen atoms in total. The molecule has 0 saturated carbocycles. The van der Waals surface area contributed by atoms with E-state index in [0.717, 1.165) is 0 Å². The standard InChI is InChI=1S/C12H14ClFO2/c1-3-12(2,11(15)16)7-8-4-5-9(13)10(14)6-8/h4-6H,3,7H2,1-2H3,(H,15,16). The summed E-state index contributed by atoms with van der Waals surface area (Å²) in [6.07, 6.45) is 0.791. The molecule has 0 bridgehead atoms. The number of halogens is 2. The van der Waals surface area contributed by atoms with Crippen LogP contribution in [0.1, 0.15) is 25.8 Å². The topological polar surface area (TPSA) is 37.3 Å². The Kier molecular flexibility index (Phi) is 3.92. The van der Waals surface area contributed by atoms with Crippen molar-refractivity contribution in [2.24, 2.45) is 5.41 Å². The lowest BCUT2D eigenvalue weighted by Gasteiger charge is -2.22. The molecular formula is C12H14ClFO2. The number of hydrogen-bond donors (Lipinski definition) is 1. The Balaban J connectivity index is 2.95. The molecule has 1 atom stereocenters. The van der Waals surface area contributed by atoms with Crippen molar-refractivity contribution in [2.75, 3.05) is 0 Å². The molecule has 1 rings (SSSR count). The van der Waals surface area contributed by atoms with Gasteiger partial charge in [0.2, 0.25) is 0 Å². The van der Waals surface area contributed by atoms with E-state index in [1.54, 1.807) is 19.9 Å². The highest BCUT2D eigenvalue weighted by molar-refractivity contribution is 6.30. The van der Waals surface area contributed by atoms with E-state index in [4.69, 9.17) is 16.7 Å². The number of carboxylic acid groups (broad SMARTS) is 1. The molecular weight excluding hydrogens is 231 g/mol. The number of carbonyl (C=O) groups is 1. The first-order chi connectivity index (χ1) is 7.39. The lowest BCUT2D eigenvalue weighted by atomic mass is 9.81. The van der Waals surface area contributed by atoms with Gasteiger partial charge in [0.15, 0.2) is 0 Å². The van der Waals surface area contributed by atoms with E-state index >= 15 is 0 Å². The quantitative estimate of drug-likeness (QED) is 0.880. The molecule has 0 saturated heterocycles. The molecule has 0 aromatic heterocycles. The van der Waals surface area contributed by atoms with Crippen LogP contribution >= 0.6 is 11.6 Å². The zero-order chi connectivity index (χ0) is 12.3. The summed E-state index contributed by atoms with van der Waals surface area (Å²) in [7, 11) is 0. The van der Waals surface area contributed by atoms with Gasteiger partial charge in [-0.15, -0.1) is 0 Å². The lowest BCUT2D eigenvalue weighted by Crippen LogP contribution is -2.29. The smallest absolute Gasteiger partial charge is 0.309 e. The minimum Gasteiger partial charge on any atom is -0.481 e. The maximum absolute atomic E-state index is 13.2. The Bertz CT molecular complexity index is 406. The fourth-order valence-electron chi connectivity index (χ4n) is 1.45. The van der Waals surface area contributed by atoms with E-state index in [1.807, 2.05) is 0 Å². The Morgan fingerprint density at radius 3 is 2.62 bits per heavy atom. The Morgan fingerprint density at radius 2 is 2.19 bits per heavy atom. The summed E-state index contributed by atoms with van der Waals surface area (Å²) in [6.45, 7) is 3.46. The molecule has 0 spiro atoms. The monoisotopic (exact) mass is 244 g/mol. The van der Waals surface area contributed by atoms with Crippen molar-refractivity contribution in [3.63, 3.8) is 0 Å². The second-order valence-corrected chi connectivity index (χ2v) is 4.55. The molecule has 16 heavy (non-hydrogen) atoms. The number of hydrogen-bond acceptors (Lipinski definition) is 1. The van der Waals surface area contributed by atoms with Crippen LogP contribution in [0.4, 0.5) is 4.39 Å². The summed E-state index contributed by atoms with van der Waals surface area (Å²) >= 11 is 5.56. The summed E-state index contributed by atoms with van der Waals surface area (Å²) in [4.78, 5) is 11.1. The average Bonchev–Trinajstić information content (AvgIpc) is 2.23. The van der Waals surface area contributed by atoms with Gasteiger partial charge in [0.1, 0.15) is 5.82 Å². The van der Waals surface area contributed by atoms with Crippen molar-refractivity contribution in [3.8, 4) is 0 Å². The van der Waals surface area contributed by atoms with Gasteiger partial charge in [-0.2, -0.15) is 0 Å². The summed E-state index contributed by atoms with van der Waals surface area (Å²) < 4.78 is 13.2. The fraction of sp³-hybridized carbons (Fsp3) is 0.417. The van der Waals surface area contributed by atoms with Gasteiger partial charge in [-0.3, -0.25) is 4.79 Å². The third-order valence-electron chi connectivity index (χ3n) is 2.87. The van der Waals surface area contributed by atoms with Crippen LogP contribution in [-0.2, 0) is 11.2 Å². The van der Waals surface area contributed by atoms with Gasteiger partial charge < -0.3 is 5.11 Å². The van der Waals surface area contributed by atoms with Crippen LogP contribution in [0.25, 0.3) is 0 Å². The molecule has 0 amide bonds. The number of aliphatic carboxylic acids is 1. The highest BCUT2D eigenvalue weighted by Crippen LogP contribution is 2.28. The SMILES string of the molecule is CCC(C)(Cc1ccc(Cl)c(F)c1)C(=O)O. The van der Waals surface area contributed by atoms with E-state index in [0.29, 0.717) is 18.4 Å². The highest BCUT2D eigenvalue weighted by atomic mass is 35.5. The molecule has 1 aromatic rings. The van der Waals surface area contributed by atoms with Crippen molar-refractivity contribution < 1.29 is 14.3 Å². The van der Waals surface area contributed by atoms with Gasteiger partial charge in [-0.05, 0) is 37.5 Å². The highest BCUT2D eigenvalue weighted by Gasteiger charge is 2.31. The number of benzene rings is 1. The van der Waals surface area contributed by atoms with Gasteiger partial charge in [-0.1, -0.05) is 24.6 Å². The van der Waals surface area contributed by atoms with Crippen LogP contribution in [0.3, 0.4) is 0 Å². The van der Waals surface area contributed by atoms with Crippen LogP contribution in [0.5, 0.6) is 0 Å². The second kappa shape index (κ2) is 4.83. The van der Waals surface area contributed by atoms with E-state index in [-0.39, 0.29) is 5.02 Å². The predicted octanol–water partition coefficient (Wildman–Crippen LogP) is 3.52. The molecule has 0 radical (unpaired) electrons. The third-order valence-corrected chi connectivity index (χ3v) is 3.18. The summed E-state index contributed by atoms with van der Waals surface area (Å²) in [5, 5.41) is 9.15. The molecule has 88 valence electrons. The molecule has 1 unspecified atom stereocenters. The van der Waals surface area contributed by atoms with Crippen molar-refractivity contribution in [1.82, 2.24) is 0 Å². The van der Waals surface area contributed by atoms with E-state index in [9.17, 15) is 9.18 Å². The molecule has 0 aliphatic rings. The summed E-state index contributed by atoms with van der Waals surface area (Å²) in [6, 6.07) is 4.39. The summed E-state index contributed by atoms with van der Waals surface area (Å²) in [5.74, 6) is -1.38. The normalized spacial score (nSPS) is 14.5. The van der Waals surface area contributed by atoms with Gasteiger partial charge in [-0.25, -0.2) is 4.39 Å². The Labute approximate surface area is 99.0 Å². The van der Waals surface area contributed by atoms with E-state index < -0.39 is 17.2 Å². The van der Waals surface area contributed by atoms with Crippen molar-refractivity contribution >= 4 is 17.6 Å². The first-order valence-electron chi connectivity index (χ1n) is 5.06. The average molecular weight is 245 g/mol. The maximum Gasteiger partial charge on any atom is 0.309 e. The predicted molar refractivity (Wildman–Crippen MR) is 61.1 cm³/mol. The van der Waals surface area contributed by atoms with Gasteiger partial charge >= 0.3 is 5.97 Å². The molecule has 4 heteroatoms. The third kappa shape index (κ3) is 2.73. The Morgan fingerprint density at radius 1 is 1.56 bits per heavy atom. The van der Waals surface area contributed by atoms with Crippen LogP contribution in [-0.4, -0.2) is 11.1 Å². The Hall–Kier alpha value is -1.09. The van der Waals surface area contributed by atoms with Crippen LogP contribution < -0.4 is 0 Å². The minimum absolute atomic E-state index is 0.0530. The molecule has 0 fully saturated rings. The second-order valence-electron chi connectivity index (χ2n) is 4.14. The van der Waals surface area contributed by atoms with E-state index in [1.165, 1.54) is 12.1 Å². The zero-order valence-electron chi connectivity index (χ0n) is 9.26. The van der Waals surface area contributed by atoms with Gasteiger partial charge in [0, 0.05) is 0 Å². The first-order valence-corrected chi connectivity index (χ1v) is 5.44. The van der Waals surface area contributed by atoms with Gasteiger partial charge in [0.05, 0.1) is 10.4 Å². The minimum atomic E-state index is -0.870. The molecule has 0 heterocycles. The molecule has 0 aliphatic carbocycles. The van der Waals surface area contributed by atoms with E-state index in [2.05, 4.69) is 0 Å². The molecule has 1 aromatic carbocycles. The largest absolute Gasteiger partial charge is 0.481 e. The summed E-state index contributed by atoms with van der Waals surface area (Å²) in [5.41, 5.74) is -0.214. The van der Waals surface area contributed by atoms with Crippen molar-refractivity contribution in [2.45, 2.75) is 26.7 Å². The van der Waals surface area contributed by atoms with Crippen molar-refractivity contribution in [3.05, 3.63) is 34.6 Å². The fourth-order valence-corrected chi connectivity index (χ4v) is 1.57. The molecule has 1 N–H and O–H groups in total. The number of rotatable bonds is 4. The zero-order valence-corrected chi connectivity index (χ0v) is 10.0. The lowest BCUT2D eigenvalue weighted by molar-refractivity contribution is -0.148.